The van der Waals surface area contributed by atoms with Crippen LogP contribution in [0.15, 0.2) is 36.1 Å². The number of nitrogens with zero attached hydrogens (tertiary/aromatic N) is 5. The summed E-state index contributed by atoms with van der Waals surface area (Å²) in [7, 11) is 0. The largest absolute Gasteiger partial charge is 0.409 e. The minimum Gasteiger partial charge on any atom is -0.409 e. The van der Waals surface area contributed by atoms with E-state index in [2.05, 4.69) is 20.1 Å². The standard InChI is InChI=1S/C8H8N6O/c9-7(13-15)8-11-3-4-14(8)6-1-2-10-5-12-6/h1-5,15H,(H2,9,13). The second kappa shape index (κ2) is 3.74. The van der Waals surface area contributed by atoms with Gasteiger partial charge in [-0.05, 0) is 6.07 Å². The molecule has 0 saturated carbocycles. The number of aromatic nitrogens is 4. The van der Waals surface area contributed by atoms with Gasteiger partial charge in [0.1, 0.15) is 12.1 Å². The molecule has 15 heavy (non-hydrogen) atoms. The van der Waals surface area contributed by atoms with Crippen molar-refractivity contribution in [2.45, 2.75) is 0 Å². The minimum absolute atomic E-state index is 0.0707. The van der Waals surface area contributed by atoms with Gasteiger partial charge in [-0.15, -0.1) is 0 Å². The molecule has 0 aliphatic rings. The third kappa shape index (κ3) is 1.62. The molecule has 76 valence electrons. The van der Waals surface area contributed by atoms with E-state index in [0.29, 0.717) is 11.6 Å². The van der Waals surface area contributed by atoms with Gasteiger partial charge in [0.2, 0.25) is 5.84 Å². The van der Waals surface area contributed by atoms with Gasteiger partial charge in [-0.3, -0.25) is 4.57 Å². The van der Waals surface area contributed by atoms with E-state index in [1.54, 1.807) is 23.0 Å². The first-order valence-corrected chi connectivity index (χ1v) is 4.10. The Morgan fingerprint density at radius 2 is 2.27 bits per heavy atom. The molecule has 3 N–H and O–H groups in total. The lowest BCUT2D eigenvalue weighted by molar-refractivity contribution is 0.318. The van der Waals surface area contributed by atoms with Crippen LogP contribution in [0.3, 0.4) is 0 Å². The first kappa shape index (κ1) is 9.13. The Morgan fingerprint density at radius 1 is 1.40 bits per heavy atom. The Hall–Kier alpha value is -2.44. The summed E-state index contributed by atoms with van der Waals surface area (Å²) in [6, 6.07) is 1.69. The highest BCUT2D eigenvalue weighted by molar-refractivity contribution is 5.94. The zero-order valence-electron chi connectivity index (χ0n) is 7.65. The molecule has 2 aromatic heterocycles. The van der Waals surface area contributed by atoms with E-state index in [1.165, 1.54) is 12.5 Å². The molecular formula is C8H8N6O. The highest BCUT2D eigenvalue weighted by Crippen LogP contribution is 2.05. The van der Waals surface area contributed by atoms with Gasteiger partial charge in [-0.1, -0.05) is 5.16 Å². The van der Waals surface area contributed by atoms with Crippen molar-refractivity contribution in [3.05, 3.63) is 36.8 Å². The molecule has 0 radical (unpaired) electrons. The maximum atomic E-state index is 8.55. The van der Waals surface area contributed by atoms with Gasteiger partial charge < -0.3 is 10.9 Å². The summed E-state index contributed by atoms with van der Waals surface area (Å²) in [6.45, 7) is 0. The third-order valence-electron chi connectivity index (χ3n) is 1.79. The van der Waals surface area contributed by atoms with Crippen LogP contribution >= 0.6 is 0 Å². The maximum absolute atomic E-state index is 8.55. The SMILES string of the molecule is NC(=NO)c1nccn1-c1ccncn1. The smallest absolute Gasteiger partial charge is 0.206 e. The quantitative estimate of drug-likeness (QED) is 0.304. The second-order valence-electron chi connectivity index (χ2n) is 2.67. The minimum atomic E-state index is -0.0707. The molecule has 0 unspecified atom stereocenters. The molecule has 0 aliphatic heterocycles. The van der Waals surface area contributed by atoms with Gasteiger partial charge in [-0.25, -0.2) is 15.0 Å². The van der Waals surface area contributed by atoms with Crippen molar-refractivity contribution in [3.63, 3.8) is 0 Å². The molecule has 0 aromatic carbocycles. The monoisotopic (exact) mass is 204 g/mol. The van der Waals surface area contributed by atoms with E-state index in [9.17, 15) is 0 Å². The maximum Gasteiger partial charge on any atom is 0.206 e. The van der Waals surface area contributed by atoms with E-state index >= 15 is 0 Å². The molecular weight excluding hydrogens is 196 g/mol. The van der Waals surface area contributed by atoms with Crippen LogP contribution in [0.4, 0.5) is 0 Å². The Morgan fingerprint density at radius 3 is 2.93 bits per heavy atom. The molecule has 7 heteroatoms. The van der Waals surface area contributed by atoms with Gasteiger partial charge in [0.25, 0.3) is 0 Å². The van der Waals surface area contributed by atoms with Gasteiger partial charge in [-0.2, -0.15) is 0 Å². The van der Waals surface area contributed by atoms with Crippen LogP contribution in [0.2, 0.25) is 0 Å². The number of rotatable bonds is 2. The van der Waals surface area contributed by atoms with Crippen LogP contribution in [-0.4, -0.2) is 30.6 Å². The first-order chi connectivity index (χ1) is 7.33. The predicted octanol–water partition coefficient (Wildman–Crippen LogP) is -0.243. The first-order valence-electron chi connectivity index (χ1n) is 4.10. The number of nitrogens with two attached hydrogens (primary N) is 1. The van der Waals surface area contributed by atoms with Crippen LogP contribution in [-0.2, 0) is 0 Å². The highest BCUT2D eigenvalue weighted by Gasteiger charge is 2.09. The average Bonchev–Trinajstić information content (AvgIpc) is 2.78. The average molecular weight is 204 g/mol. The van der Waals surface area contributed by atoms with Crippen molar-refractivity contribution in [1.29, 1.82) is 0 Å². The molecule has 2 rings (SSSR count). The molecule has 0 aliphatic carbocycles. The Bertz CT molecular complexity index is 477. The zero-order valence-corrected chi connectivity index (χ0v) is 7.65. The summed E-state index contributed by atoms with van der Waals surface area (Å²) in [6.07, 6.45) is 6.20. The molecule has 0 atom stereocenters. The van der Waals surface area contributed by atoms with Crippen molar-refractivity contribution >= 4 is 5.84 Å². The summed E-state index contributed by atoms with van der Waals surface area (Å²) < 4.78 is 1.59. The van der Waals surface area contributed by atoms with E-state index < -0.39 is 0 Å². The van der Waals surface area contributed by atoms with Crippen LogP contribution in [0.25, 0.3) is 5.82 Å². The molecule has 0 spiro atoms. The lowest BCUT2D eigenvalue weighted by Crippen LogP contribution is -2.19. The summed E-state index contributed by atoms with van der Waals surface area (Å²) in [5.41, 5.74) is 5.45. The predicted molar refractivity (Wildman–Crippen MR) is 51.7 cm³/mol. The lowest BCUT2D eigenvalue weighted by Gasteiger charge is -2.03. The zero-order chi connectivity index (χ0) is 10.7. The fourth-order valence-electron chi connectivity index (χ4n) is 1.15. The Kier molecular flexibility index (Phi) is 2.28. The van der Waals surface area contributed by atoms with Crippen molar-refractivity contribution in [1.82, 2.24) is 19.5 Å². The number of oxime groups is 1. The molecule has 2 heterocycles. The number of hydrogen-bond donors (Lipinski definition) is 2. The van der Waals surface area contributed by atoms with Crippen molar-refractivity contribution in [3.8, 4) is 5.82 Å². The van der Waals surface area contributed by atoms with E-state index in [-0.39, 0.29) is 5.84 Å². The van der Waals surface area contributed by atoms with Crippen molar-refractivity contribution in [2.75, 3.05) is 0 Å². The van der Waals surface area contributed by atoms with Crippen LogP contribution in [0.1, 0.15) is 5.82 Å². The topological polar surface area (TPSA) is 102 Å². The van der Waals surface area contributed by atoms with Gasteiger partial charge >= 0.3 is 0 Å². The fraction of sp³-hybridized carbons (Fsp3) is 0. The highest BCUT2D eigenvalue weighted by atomic mass is 16.4. The number of imidazole rings is 1. The van der Waals surface area contributed by atoms with Crippen LogP contribution in [0, 0.1) is 0 Å². The Labute approximate surface area is 84.9 Å². The van der Waals surface area contributed by atoms with Crippen LogP contribution < -0.4 is 5.73 Å². The van der Waals surface area contributed by atoms with E-state index in [1.807, 2.05) is 0 Å². The fourth-order valence-corrected chi connectivity index (χ4v) is 1.15. The van der Waals surface area contributed by atoms with Crippen LogP contribution in [0.5, 0.6) is 0 Å². The summed E-state index contributed by atoms with van der Waals surface area (Å²) in [4.78, 5) is 11.8. The normalized spacial score (nSPS) is 11.6. The molecule has 2 aromatic rings. The van der Waals surface area contributed by atoms with Gasteiger partial charge in [0.15, 0.2) is 5.82 Å². The third-order valence-corrected chi connectivity index (χ3v) is 1.79. The molecule has 0 bridgehead atoms. The van der Waals surface area contributed by atoms with Crippen molar-refractivity contribution in [2.24, 2.45) is 10.9 Å². The van der Waals surface area contributed by atoms with E-state index in [0.717, 1.165) is 0 Å². The molecule has 0 fully saturated rings. The van der Waals surface area contributed by atoms with E-state index in [4.69, 9.17) is 10.9 Å². The van der Waals surface area contributed by atoms with Crippen molar-refractivity contribution < 1.29 is 5.21 Å². The summed E-state index contributed by atoms with van der Waals surface area (Å²) in [5, 5.41) is 11.4. The lowest BCUT2D eigenvalue weighted by atomic mass is 10.5. The summed E-state index contributed by atoms with van der Waals surface area (Å²) >= 11 is 0. The molecule has 0 saturated heterocycles. The van der Waals surface area contributed by atoms with Gasteiger partial charge in [0.05, 0.1) is 0 Å². The summed E-state index contributed by atoms with van der Waals surface area (Å²) in [5.74, 6) is 0.860. The number of amidine groups is 1. The Balaban J connectivity index is 2.51. The van der Waals surface area contributed by atoms with Gasteiger partial charge in [0, 0.05) is 18.6 Å². The second-order valence-corrected chi connectivity index (χ2v) is 2.67. The molecule has 7 nitrogen and oxygen atoms in total. The number of hydrogen-bond acceptors (Lipinski definition) is 5. The molecule has 0 amide bonds.